The quantitative estimate of drug-likeness (QED) is 0.625. The molecule has 0 bridgehead atoms. The van der Waals surface area contributed by atoms with Crippen LogP contribution in [0, 0.1) is 10.8 Å². The summed E-state index contributed by atoms with van der Waals surface area (Å²) in [5, 5.41) is 3.64. The summed E-state index contributed by atoms with van der Waals surface area (Å²) in [6.45, 7) is 7.42. The highest BCUT2D eigenvalue weighted by Gasteiger charge is 2.38. The highest BCUT2D eigenvalue weighted by atomic mass is 14.9. The van der Waals surface area contributed by atoms with Crippen molar-refractivity contribution in [2.75, 3.05) is 13.1 Å². The van der Waals surface area contributed by atoms with Gasteiger partial charge in [-0.15, -0.1) is 0 Å². The van der Waals surface area contributed by atoms with Gasteiger partial charge in [0.1, 0.15) is 0 Å². The third-order valence-electron chi connectivity index (χ3n) is 4.47. The molecule has 2 fully saturated rings. The summed E-state index contributed by atoms with van der Waals surface area (Å²) in [6.07, 6.45) is 10.1. The van der Waals surface area contributed by atoms with Crippen LogP contribution in [-0.2, 0) is 0 Å². The lowest BCUT2D eigenvalue weighted by Crippen LogP contribution is -2.38. The molecule has 1 saturated carbocycles. The first-order chi connectivity index (χ1) is 6.62. The lowest BCUT2D eigenvalue weighted by molar-refractivity contribution is 0.0958. The van der Waals surface area contributed by atoms with Crippen LogP contribution >= 0.6 is 0 Å². The second-order valence-electron chi connectivity index (χ2n) is 6.30. The molecule has 0 aromatic rings. The molecule has 0 radical (unpaired) electrons. The molecule has 0 atom stereocenters. The van der Waals surface area contributed by atoms with Crippen LogP contribution in [0.4, 0.5) is 0 Å². The normalized spacial score (nSPS) is 31.3. The summed E-state index contributed by atoms with van der Waals surface area (Å²) in [4.78, 5) is 0. The zero-order chi connectivity index (χ0) is 10.1. The van der Waals surface area contributed by atoms with E-state index in [4.69, 9.17) is 0 Å². The van der Waals surface area contributed by atoms with E-state index in [2.05, 4.69) is 19.2 Å². The fourth-order valence-electron chi connectivity index (χ4n) is 3.08. The van der Waals surface area contributed by atoms with Gasteiger partial charge < -0.3 is 5.32 Å². The second-order valence-corrected chi connectivity index (χ2v) is 6.30. The van der Waals surface area contributed by atoms with Crippen molar-refractivity contribution in [3.63, 3.8) is 0 Å². The zero-order valence-electron chi connectivity index (χ0n) is 9.86. The number of hydrogen-bond acceptors (Lipinski definition) is 1. The minimum atomic E-state index is 0.623. The van der Waals surface area contributed by atoms with Gasteiger partial charge in [-0.3, -0.25) is 0 Å². The first-order valence-electron chi connectivity index (χ1n) is 6.33. The zero-order valence-corrected chi connectivity index (χ0v) is 9.86. The topological polar surface area (TPSA) is 12.0 Å². The Balaban J connectivity index is 1.96. The molecule has 0 unspecified atom stereocenters. The van der Waals surface area contributed by atoms with Crippen molar-refractivity contribution in [3.05, 3.63) is 0 Å². The molecule has 1 spiro atoms. The second kappa shape index (κ2) is 3.84. The van der Waals surface area contributed by atoms with E-state index in [9.17, 15) is 0 Å². The smallest absolute Gasteiger partial charge is 0.000781 e. The first-order valence-corrected chi connectivity index (χ1v) is 6.33. The van der Waals surface area contributed by atoms with Crippen LogP contribution in [0.1, 0.15) is 58.8 Å². The molecular weight excluding hydrogens is 170 g/mol. The third kappa shape index (κ3) is 2.31. The standard InChI is InChI=1S/C13H25N/c1-12(2)6-8-13(9-7-12)5-3-4-10-14-11-13/h14H,3-11H2,1-2H3. The predicted molar refractivity (Wildman–Crippen MR) is 61.4 cm³/mol. The summed E-state index contributed by atoms with van der Waals surface area (Å²) in [5.41, 5.74) is 1.31. The maximum atomic E-state index is 3.64. The van der Waals surface area contributed by atoms with E-state index >= 15 is 0 Å². The van der Waals surface area contributed by atoms with Gasteiger partial charge in [0.2, 0.25) is 0 Å². The Hall–Kier alpha value is -0.0400. The van der Waals surface area contributed by atoms with Gasteiger partial charge in [0.15, 0.2) is 0 Å². The molecule has 82 valence electrons. The molecular formula is C13H25N. The van der Waals surface area contributed by atoms with Crippen LogP contribution in [0.15, 0.2) is 0 Å². The molecule has 1 nitrogen and oxygen atoms in total. The summed E-state index contributed by atoms with van der Waals surface area (Å²) in [6, 6.07) is 0. The molecule has 2 aliphatic rings. The van der Waals surface area contributed by atoms with Gasteiger partial charge >= 0.3 is 0 Å². The third-order valence-corrected chi connectivity index (χ3v) is 4.47. The van der Waals surface area contributed by atoms with Crippen molar-refractivity contribution in [1.82, 2.24) is 5.32 Å². The van der Waals surface area contributed by atoms with Gasteiger partial charge in [-0.05, 0) is 55.9 Å². The number of hydrogen-bond donors (Lipinski definition) is 1. The van der Waals surface area contributed by atoms with Crippen molar-refractivity contribution in [1.29, 1.82) is 0 Å². The van der Waals surface area contributed by atoms with E-state index in [1.54, 1.807) is 0 Å². The van der Waals surface area contributed by atoms with Crippen LogP contribution in [0.3, 0.4) is 0 Å². The number of nitrogens with one attached hydrogen (secondary N) is 1. The highest BCUT2D eigenvalue weighted by molar-refractivity contribution is 4.91. The lowest BCUT2D eigenvalue weighted by atomic mass is 9.63. The Labute approximate surface area is 88.7 Å². The minimum Gasteiger partial charge on any atom is -0.316 e. The molecule has 2 rings (SSSR count). The van der Waals surface area contributed by atoms with Crippen molar-refractivity contribution < 1.29 is 0 Å². The van der Waals surface area contributed by atoms with E-state index < -0.39 is 0 Å². The Morgan fingerprint density at radius 3 is 2.29 bits per heavy atom. The molecule has 1 N–H and O–H groups in total. The van der Waals surface area contributed by atoms with Gasteiger partial charge in [-0.25, -0.2) is 0 Å². The first kappa shape index (κ1) is 10.5. The van der Waals surface area contributed by atoms with Crippen LogP contribution in [-0.4, -0.2) is 13.1 Å². The monoisotopic (exact) mass is 195 g/mol. The Kier molecular flexibility index (Phi) is 2.88. The van der Waals surface area contributed by atoms with E-state index in [0.29, 0.717) is 10.8 Å². The average Bonchev–Trinajstić information content (AvgIpc) is 2.37. The summed E-state index contributed by atoms with van der Waals surface area (Å²) in [7, 11) is 0. The number of rotatable bonds is 0. The van der Waals surface area contributed by atoms with Crippen LogP contribution in [0.2, 0.25) is 0 Å². The van der Waals surface area contributed by atoms with Gasteiger partial charge in [-0.2, -0.15) is 0 Å². The predicted octanol–water partition coefficient (Wildman–Crippen LogP) is 3.35. The summed E-state index contributed by atoms with van der Waals surface area (Å²) < 4.78 is 0. The SMILES string of the molecule is CC1(C)CCC2(CCCCNC2)CC1. The van der Waals surface area contributed by atoms with Crippen molar-refractivity contribution in [2.45, 2.75) is 58.8 Å². The molecule has 1 saturated heterocycles. The van der Waals surface area contributed by atoms with Crippen molar-refractivity contribution in [3.8, 4) is 0 Å². The van der Waals surface area contributed by atoms with Crippen LogP contribution in [0.25, 0.3) is 0 Å². The molecule has 1 heteroatoms. The molecule has 1 heterocycles. The molecule has 0 amide bonds. The van der Waals surface area contributed by atoms with Gasteiger partial charge in [0.25, 0.3) is 0 Å². The summed E-state index contributed by atoms with van der Waals surface area (Å²) >= 11 is 0. The fraction of sp³-hybridized carbons (Fsp3) is 1.00. The molecule has 0 aromatic carbocycles. The van der Waals surface area contributed by atoms with Gasteiger partial charge in [-0.1, -0.05) is 20.3 Å². The lowest BCUT2D eigenvalue weighted by Gasteiger charge is -2.43. The Morgan fingerprint density at radius 2 is 1.57 bits per heavy atom. The van der Waals surface area contributed by atoms with Crippen molar-refractivity contribution >= 4 is 0 Å². The highest BCUT2D eigenvalue weighted by Crippen LogP contribution is 2.47. The van der Waals surface area contributed by atoms with Gasteiger partial charge in [0.05, 0.1) is 0 Å². The Bertz CT molecular complexity index is 175. The molecule has 1 aliphatic carbocycles. The van der Waals surface area contributed by atoms with Gasteiger partial charge in [0, 0.05) is 6.54 Å². The van der Waals surface area contributed by atoms with E-state index in [1.165, 1.54) is 58.0 Å². The summed E-state index contributed by atoms with van der Waals surface area (Å²) in [5.74, 6) is 0. The largest absolute Gasteiger partial charge is 0.316 e. The minimum absolute atomic E-state index is 0.623. The van der Waals surface area contributed by atoms with Crippen LogP contribution in [0.5, 0.6) is 0 Å². The molecule has 14 heavy (non-hydrogen) atoms. The fourth-order valence-corrected chi connectivity index (χ4v) is 3.08. The van der Waals surface area contributed by atoms with E-state index in [-0.39, 0.29) is 0 Å². The maximum absolute atomic E-state index is 3.64. The van der Waals surface area contributed by atoms with Crippen LogP contribution < -0.4 is 5.32 Å². The average molecular weight is 195 g/mol. The van der Waals surface area contributed by atoms with E-state index in [1.807, 2.05) is 0 Å². The molecule has 0 aromatic heterocycles. The Morgan fingerprint density at radius 1 is 0.857 bits per heavy atom. The van der Waals surface area contributed by atoms with E-state index in [0.717, 1.165) is 0 Å². The maximum Gasteiger partial charge on any atom is 0.000781 e. The molecule has 1 aliphatic heterocycles. The van der Waals surface area contributed by atoms with Crippen molar-refractivity contribution in [2.24, 2.45) is 10.8 Å².